The molecule has 0 saturated heterocycles. The number of aromatic nitrogens is 1. The molecule has 0 atom stereocenters. The molecule has 31 heavy (non-hydrogen) atoms. The van der Waals surface area contributed by atoms with Crippen LogP contribution in [0.4, 0.5) is 5.69 Å². The number of anilines is 1. The fourth-order valence-corrected chi connectivity index (χ4v) is 3.99. The highest BCUT2D eigenvalue weighted by molar-refractivity contribution is 5.96. The molecule has 1 N–H and O–H groups in total. The predicted molar refractivity (Wildman–Crippen MR) is 123 cm³/mol. The highest BCUT2D eigenvalue weighted by Gasteiger charge is 2.19. The number of carbonyl (C=O) groups excluding carboxylic acids is 1. The van der Waals surface area contributed by atoms with Gasteiger partial charge in [0.1, 0.15) is 13.2 Å². The van der Waals surface area contributed by atoms with Crippen molar-refractivity contribution >= 4 is 11.6 Å². The van der Waals surface area contributed by atoms with Gasteiger partial charge in [0.25, 0.3) is 5.91 Å². The van der Waals surface area contributed by atoms with Crippen LogP contribution in [0.25, 0.3) is 5.69 Å². The van der Waals surface area contributed by atoms with E-state index in [4.69, 9.17) is 9.47 Å². The van der Waals surface area contributed by atoms with E-state index in [0.717, 1.165) is 40.8 Å². The third-order valence-corrected chi connectivity index (χ3v) is 5.63. The third-order valence-electron chi connectivity index (χ3n) is 5.63. The van der Waals surface area contributed by atoms with Crippen LogP contribution in [0, 0.1) is 20.8 Å². The van der Waals surface area contributed by atoms with E-state index < -0.39 is 0 Å². The first kappa shape index (κ1) is 20.8. The van der Waals surface area contributed by atoms with Crippen molar-refractivity contribution in [2.45, 2.75) is 20.8 Å². The van der Waals surface area contributed by atoms with Gasteiger partial charge in [-0.25, -0.2) is 0 Å². The summed E-state index contributed by atoms with van der Waals surface area (Å²) in [6.07, 6.45) is 0. The number of amides is 1. The summed E-state index contributed by atoms with van der Waals surface area (Å²) in [4.78, 5) is 15.0. The summed E-state index contributed by atoms with van der Waals surface area (Å²) in [5, 5.41) is 3.06. The van der Waals surface area contributed by atoms with E-state index in [9.17, 15) is 4.79 Å². The van der Waals surface area contributed by atoms with Gasteiger partial charge in [0, 0.05) is 49.0 Å². The van der Waals surface area contributed by atoms with Crippen molar-refractivity contribution in [2.75, 3.05) is 38.3 Å². The first-order valence-electron chi connectivity index (χ1n) is 10.6. The maximum Gasteiger partial charge on any atom is 0.253 e. The highest BCUT2D eigenvalue weighted by atomic mass is 16.6. The summed E-state index contributed by atoms with van der Waals surface area (Å²) >= 11 is 0. The number of benzene rings is 2. The van der Waals surface area contributed by atoms with Gasteiger partial charge in [-0.1, -0.05) is 12.1 Å². The number of likely N-dealkylation sites (N-methyl/N-ethyl adjacent to an activating group) is 1. The lowest BCUT2D eigenvalue weighted by atomic mass is 10.2. The molecule has 6 nitrogen and oxygen atoms in total. The predicted octanol–water partition coefficient (Wildman–Crippen LogP) is 4.04. The Hall–Kier alpha value is -3.41. The standard InChI is InChI=1S/C25H29N3O3/c1-17-6-5-7-20(14-17)27(4)11-10-26-25(29)22-15-18(2)28(19(22)3)21-8-9-23-24(16-21)31-13-12-30-23/h5-9,14-16H,10-13H2,1-4H3,(H,26,29). The molecule has 2 heterocycles. The lowest BCUT2D eigenvalue weighted by Gasteiger charge is -2.20. The lowest BCUT2D eigenvalue weighted by molar-refractivity contribution is 0.0954. The van der Waals surface area contributed by atoms with Crippen LogP contribution >= 0.6 is 0 Å². The Morgan fingerprint density at radius 1 is 1.03 bits per heavy atom. The molecule has 0 unspecified atom stereocenters. The molecule has 6 heteroatoms. The van der Waals surface area contributed by atoms with Crippen molar-refractivity contribution in [2.24, 2.45) is 0 Å². The minimum Gasteiger partial charge on any atom is -0.486 e. The Morgan fingerprint density at radius 3 is 2.58 bits per heavy atom. The lowest BCUT2D eigenvalue weighted by Crippen LogP contribution is -2.33. The van der Waals surface area contributed by atoms with E-state index in [-0.39, 0.29) is 5.91 Å². The van der Waals surface area contributed by atoms with Crippen molar-refractivity contribution in [3.05, 3.63) is 71.0 Å². The summed E-state index contributed by atoms with van der Waals surface area (Å²) in [6, 6.07) is 16.2. The zero-order chi connectivity index (χ0) is 22.0. The summed E-state index contributed by atoms with van der Waals surface area (Å²) < 4.78 is 13.4. The summed E-state index contributed by atoms with van der Waals surface area (Å²) in [5.74, 6) is 1.43. The van der Waals surface area contributed by atoms with E-state index in [1.165, 1.54) is 5.56 Å². The molecule has 0 bridgehead atoms. The van der Waals surface area contributed by atoms with E-state index in [1.807, 2.05) is 51.2 Å². The van der Waals surface area contributed by atoms with Gasteiger partial charge >= 0.3 is 0 Å². The van der Waals surface area contributed by atoms with Gasteiger partial charge in [-0.15, -0.1) is 0 Å². The van der Waals surface area contributed by atoms with Crippen LogP contribution in [-0.2, 0) is 0 Å². The Balaban J connectivity index is 1.45. The van der Waals surface area contributed by atoms with Crippen molar-refractivity contribution in [3.8, 4) is 17.2 Å². The molecule has 2 aromatic carbocycles. The van der Waals surface area contributed by atoms with Crippen LogP contribution in [0.2, 0.25) is 0 Å². The third kappa shape index (κ3) is 4.38. The number of aryl methyl sites for hydroxylation is 2. The minimum absolute atomic E-state index is 0.0606. The number of fused-ring (bicyclic) bond motifs is 1. The highest BCUT2D eigenvalue weighted by Crippen LogP contribution is 2.33. The molecular formula is C25H29N3O3. The van der Waals surface area contributed by atoms with Gasteiger partial charge in [-0.05, 0) is 56.7 Å². The summed E-state index contributed by atoms with van der Waals surface area (Å²) in [6.45, 7) is 8.47. The maximum atomic E-state index is 12.9. The van der Waals surface area contributed by atoms with Gasteiger partial charge in [-0.2, -0.15) is 0 Å². The van der Waals surface area contributed by atoms with E-state index >= 15 is 0 Å². The molecule has 0 saturated carbocycles. The van der Waals surface area contributed by atoms with Gasteiger partial charge in [0.15, 0.2) is 11.5 Å². The second-order valence-electron chi connectivity index (χ2n) is 7.96. The van der Waals surface area contributed by atoms with Crippen molar-refractivity contribution in [1.29, 1.82) is 0 Å². The Labute approximate surface area is 183 Å². The smallest absolute Gasteiger partial charge is 0.253 e. The van der Waals surface area contributed by atoms with E-state index in [1.54, 1.807) is 0 Å². The number of ether oxygens (including phenoxy) is 2. The largest absolute Gasteiger partial charge is 0.486 e. The normalized spacial score (nSPS) is 12.5. The van der Waals surface area contributed by atoms with Gasteiger partial charge in [0.2, 0.25) is 0 Å². The minimum atomic E-state index is -0.0606. The molecule has 1 aromatic heterocycles. The van der Waals surface area contributed by atoms with Crippen LogP contribution < -0.4 is 19.7 Å². The Morgan fingerprint density at radius 2 is 1.81 bits per heavy atom. The monoisotopic (exact) mass is 419 g/mol. The van der Waals surface area contributed by atoms with Crippen molar-refractivity contribution in [3.63, 3.8) is 0 Å². The SMILES string of the molecule is Cc1cccc(N(C)CCNC(=O)c2cc(C)n(-c3ccc4c(c3)OCCO4)c2C)c1. The molecule has 1 aliphatic heterocycles. The van der Waals surface area contributed by atoms with Gasteiger partial charge in [-0.3, -0.25) is 4.79 Å². The molecule has 4 rings (SSSR count). The van der Waals surface area contributed by atoms with Gasteiger partial charge < -0.3 is 24.3 Å². The number of hydrogen-bond acceptors (Lipinski definition) is 4. The Bertz CT molecular complexity index is 1100. The molecule has 1 amide bonds. The fraction of sp³-hybridized carbons (Fsp3) is 0.320. The second-order valence-corrected chi connectivity index (χ2v) is 7.96. The van der Waals surface area contributed by atoms with Crippen LogP contribution in [0.3, 0.4) is 0 Å². The molecule has 0 aliphatic carbocycles. The average molecular weight is 420 g/mol. The number of nitrogens with one attached hydrogen (secondary N) is 1. The van der Waals surface area contributed by atoms with E-state index in [2.05, 4.69) is 39.9 Å². The first-order valence-corrected chi connectivity index (χ1v) is 10.6. The fourth-order valence-electron chi connectivity index (χ4n) is 3.99. The average Bonchev–Trinajstić information content (AvgIpc) is 3.07. The quantitative estimate of drug-likeness (QED) is 0.655. The molecule has 0 radical (unpaired) electrons. The van der Waals surface area contributed by atoms with Crippen molar-refractivity contribution < 1.29 is 14.3 Å². The second kappa shape index (κ2) is 8.76. The first-order chi connectivity index (χ1) is 14.9. The number of carbonyl (C=O) groups is 1. The number of hydrogen-bond donors (Lipinski definition) is 1. The van der Waals surface area contributed by atoms with Crippen LogP contribution in [-0.4, -0.2) is 43.8 Å². The molecule has 3 aromatic rings. The van der Waals surface area contributed by atoms with E-state index in [0.29, 0.717) is 25.3 Å². The zero-order valence-corrected chi connectivity index (χ0v) is 18.6. The molecular weight excluding hydrogens is 390 g/mol. The Kier molecular flexibility index (Phi) is 5.89. The topological polar surface area (TPSA) is 55.7 Å². The number of nitrogens with zero attached hydrogens (tertiary/aromatic N) is 2. The van der Waals surface area contributed by atoms with Gasteiger partial charge in [0.05, 0.1) is 5.56 Å². The van der Waals surface area contributed by atoms with Crippen LogP contribution in [0.15, 0.2) is 48.5 Å². The summed E-state index contributed by atoms with van der Waals surface area (Å²) in [5.41, 5.74) is 5.91. The maximum absolute atomic E-state index is 12.9. The molecule has 1 aliphatic rings. The van der Waals surface area contributed by atoms with Crippen LogP contribution in [0.1, 0.15) is 27.3 Å². The summed E-state index contributed by atoms with van der Waals surface area (Å²) in [7, 11) is 2.04. The molecule has 0 spiro atoms. The zero-order valence-electron chi connectivity index (χ0n) is 18.6. The van der Waals surface area contributed by atoms with Crippen LogP contribution in [0.5, 0.6) is 11.5 Å². The molecule has 162 valence electrons. The van der Waals surface area contributed by atoms with Crippen molar-refractivity contribution in [1.82, 2.24) is 9.88 Å². The molecule has 0 fully saturated rings. The number of rotatable bonds is 6.